The van der Waals surface area contributed by atoms with E-state index in [9.17, 15) is 19.2 Å². The lowest BCUT2D eigenvalue weighted by molar-refractivity contribution is 0.0587. The molecule has 0 unspecified atom stereocenters. The second kappa shape index (κ2) is 14.0. The number of aromatic nitrogens is 4. The Kier molecular flexibility index (Phi) is 9.82. The van der Waals surface area contributed by atoms with Gasteiger partial charge in [-0.3, -0.25) is 4.79 Å². The normalized spacial score (nSPS) is 10.7. The van der Waals surface area contributed by atoms with Crippen LogP contribution < -0.4 is 5.32 Å². The van der Waals surface area contributed by atoms with Gasteiger partial charge in [-0.2, -0.15) is 10.2 Å². The lowest BCUT2D eigenvalue weighted by atomic mass is 10.1. The Hall–Kier alpha value is -5.34. The number of nitrogens with one attached hydrogen (secondary N) is 1. The van der Waals surface area contributed by atoms with Gasteiger partial charge in [0.1, 0.15) is 0 Å². The zero-order valence-corrected chi connectivity index (χ0v) is 28.2. The molecular weight excluding hydrogens is 738 g/mol. The molecule has 0 radical (unpaired) electrons. The van der Waals surface area contributed by atoms with Crippen LogP contribution in [0.15, 0.2) is 93.9 Å². The molecule has 0 aliphatic rings. The van der Waals surface area contributed by atoms with Gasteiger partial charge in [-0.15, -0.1) is 0 Å². The number of fused-ring (bicyclic) bond motifs is 2. The summed E-state index contributed by atoms with van der Waals surface area (Å²) >= 11 is 6.82. The van der Waals surface area contributed by atoms with Crippen molar-refractivity contribution in [2.75, 3.05) is 21.3 Å². The quantitative estimate of drug-likeness (QED) is 0.189. The number of rotatable bonds is 6. The van der Waals surface area contributed by atoms with E-state index in [2.05, 4.69) is 47.4 Å². The molecule has 0 fully saturated rings. The number of ether oxygens (including phenoxy) is 2. The third-order valence-electron chi connectivity index (χ3n) is 6.96. The number of halogens is 2. The smallest absolute Gasteiger partial charge is 0.359 e. The van der Waals surface area contributed by atoms with E-state index in [1.54, 1.807) is 40.7 Å². The van der Waals surface area contributed by atoms with Crippen LogP contribution in [0.25, 0.3) is 33.2 Å². The van der Waals surface area contributed by atoms with E-state index >= 15 is 0 Å². The highest BCUT2D eigenvalue weighted by atomic mass is 79.9. The molecule has 2 N–H and O–H groups in total. The van der Waals surface area contributed by atoms with Crippen molar-refractivity contribution < 1.29 is 33.8 Å². The molecule has 14 heteroatoms. The van der Waals surface area contributed by atoms with Crippen molar-refractivity contribution in [2.45, 2.75) is 0 Å². The minimum absolute atomic E-state index is 0.0746. The second-order valence-electron chi connectivity index (χ2n) is 9.81. The predicted molar refractivity (Wildman–Crippen MR) is 181 cm³/mol. The fourth-order valence-corrected chi connectivity index (χ4v) is 5.53. The van der Waals surface area contributed by atoms with Crippen molar-refractivity contribution in [1.82, 2.24) is 24.9 Å². The van der Waals surface area contributed by atoms with Gasteiger partial charge in [-0.25, -0.2) is 23.7 Å². The Morgan fingerprint density at radius 1 is 0.681 bits per heavy atom. The summed E-state index contributed by atoms with van der Waals surface area (Å²) in [6, 6.07) is 24.6. The van der Waals surface area contributed by atoms with E-state index in [1.807, 2.05) is 48.5 Å². The Balaban J connectivity index is 0.000000185. The number of hydrogen-bond donors (Lipinski definition) is 2. The van der Waals surface area contributed by atoms with Crippen molar-refractivity contribution in [3.8, 4) is 11.4 Å². The first kappa shape index (κ1) is 33.0. The third-order valence-corrected chi connectivity index (χ3v) is 7.95. The largest absolute Gasteiger partial charge is 0.478 e. The summed E-state index contributed by atoms with van der Waals surface area (Å²) in [4.78, 5) is 47.1. The maximum Gasteiger partial charge on any atom is 0.359 e. The van der Waals surface area contributed by atoms with Crippen molar-refractivity contribution in [3.63, 3.8) is 0 Å². The highest BCUT2D eigenvalue weighted by molar-refractivity contribution is 9.10. The van der Waals surface area contributed by atoms with Crippen molar-refractivity contribution in [2.24, 2.45) is 0 Å². The van der Waals surface area contributed by atoms with Gasteiger partial charge in [-0.05, 0) is 72.8 Å². The van der Waals surface area contributed by atoms with Crippen molar-refractivity contribution in [3.05, 3.63) is 116 Å². The van der Waals surface area contributed by atoms with Crippen LogP contribution in [-0.4, -0.2) is 69.7 Å². The van der Waals surface area contributed by atoms with Crippen LogP contribution in [0.4, 0.5) is 0 Å². The third kappa shape index (κ3) is 6.78. The lowest BCUT2D eigenvalue weighted by Gasteiger charge is -2.04. The maximum atomic E-state index is 12.1. The van der Waals surface area contributed by atoms with Gasteiger partial charge in [0.2, 0.25) is 0 Å². The summed E-state index contributed by atoms with van der Waals surface area (Å²) in [5, 5.41) is 21.4. The first-order valence-corrected chi connectivity index (χ1v) is 15.3. The maximum absolute atomic E-state index is 12.1. The molecule has 2 heterocycles. The number of amides is 1. The fourth-order valence-electron chi connectivity index (χ4n) is 4.76. The number of benzene rings is 4. The number of hydrogen-bond acceptors (Lipinski definition) is 8. The molecule has 0 saturated carbocycles. The average molecular weight is 763 g/mol. The molecule has 0 saturated heterocycles. The summed E-state index contributed by atoms with van der Waals surface area (Å²) in [6.07, 6.45) is 0. The Morgan fingerprint density at radius 2 is 1.13 bits per heavy atom. The highest BCUT2D eigenvalue weighted by Gasteiger charge is 2.21. The standard InChI is InChI=1S/C17H14BrN3O3.C16H11BrN2O4/c1-19-16(22)10-6-7-14-13(8-10)15(17(23)24-2)20-21(14)12-5-3-4-11(18)9-12;1-23-16(22)14-12-7-9(15(20)21)5-6-13(12)19(18-14)11-4-2-3-10(17)8-11/h3-9H,1-2H3,(H,19,22);2-8H,1H3,(H,20,21). The van der Waals surface area contributed by atoms with E-state index in [1.165, 1.54) is 26.4 Å². The van der Waals surface area contributed by atoms with Gasteiger partial charge < -0.3 is 19.9 Å². The van der Waals surface area contributed by atoms with Crippen molar-refractivity contribution >= 4 is 77.5 Å². The molecule has 0 aliphatic carbocycles. The molecule has 12 nitrogen and oxygen atoms in total. The van der Waals surface area contributed by atoms with E-state index in [0.717, 1.165) is 20.3 Å². The van der Waals surface area contributed by atoms with E-state index in [4.69, 9.17) is 14.6 Å². The van der Waals surface area contributed by atoms with Crippen LogP contribution in [0, 0.1) is 0 Å². The fraction of sp³-hybridized carbons (Fsp3) is 0.0909. The topological polar surface area (TPSA) is 155 Å². The van der Waals surface area contributed by atoms with Crippen LogP contribution in [0.2, 0.25) is 0 Å². The van der Waals surface area contributed by atoms with Crippen LogP contribution in [0.1, 0.15) is 41.7 Å². The van der Waals surface area contributed by atoms with E-state index in [-0.39, 0.29) is 22.9 Å². The molecule has 4 aromatic carbocycles. The van der Waals surface area contributed by atoms with Crippen LogP contribution in [0.5, 0.6) is 0 Å². The molecule has 0 spiro atoms. The number of carboxylic acids is 1. The zero-order valence-electron chi connectivity index (χ0n) is 25.0. The molecule has 6 rings (SSSR count). The molecule has 0 atom stereocenters. The van der Waals surface area contributed by atoms with Crippen molar-refractivity contribution in [1.29, 1.82) is 0 Å². The van der Waals surface area contributed by atoms with Gasteiger partial charge >= 0.3 is 17.9 Å². The van der Waals surface area contributed by atoms with Gasteiger partial charge in [0.25, 0.3) is 5.91 Å². The molecule has 6 aromatic rings. The van der Waals surface area contributed by atoms with Gasteiger partial charge in [0, 0.05) is 32.3 Å². The molecule has 0 aliphatic heterocycles. The number of esters is 2. The summed E-state index contributed by atoms with van der Waals surface area (Å²) in [5.41, 5.74) is 3.62. The summed E-state index contributed by atoms with van der Waals surface area (Å²) in [5.74, 6) is -2.48. The Morgan fingerprint density at radius 3 is 1.53 bits per heavy atom. The predicted octanol–water partition coefficient (Wildman–Crippen LogP) is 6.21. The van der Waals surface area contributed by atoms with Crippen LogP contribution in [-0.2, 0) is 9.47 Å². The lowest BCUT2D eigenvalue weighted by Crippen LogP contribution is -2.17. The monoisotopic (exact) mass is 761 g/mol. The number of methoxy groups -OCH3 is 2. The number of aromatic carboxylic acids is 1. The van der Waals surface area contributed by atoms with Crippen LogP contribution >= 0.6 is 31.9 Å². The molecular formula is C33H25Br2N5O7. The first-order chi connectivity index (χ1) is 22.6. The van der Waals surface area contributed by atoms with E-state index in [0.29, 0.717) is 27.4 Å². The summed E-state index contributed by atoms with van der Waals surface area (Å²) in [7, 11) is 4.11. The molecule has 238 valence electrons. The zero-order chi connectivity index (χ0) is 33.8. The van der Waals surface area contributed by atoms with Crippen LogP contribution in [0.3, 0.4) is 0 Å². The van der Waals surface area contributed by atoms with Gasteiger partial charge in [0.05, 0.1) is 42.2 Å². The summed E-state index contributed by atoms with van der Waals surface area (Å²) < 4.78 is 14.6. The number of carbonyl (C=O) groups is 4. The Labute approximate surface area is 284 Å². The SMILES string of the molecule is CNC(=O)c1ccc2c(c1)c(C(=O)OC)nn2-c1cccc(Br)c1.COC(=O)c1nn(-c2cccc(Br)c2)c2ccc(C(=O)O)cc12. The minimum Gasteiger partial charge on any atom is -0.478 e. The molecule has 2 aromatic heterocycles. The average Bonchev–Trinajstić information content (AvgIpc) is 3.66. The van der Waals surface area contributed by atoms with E-state index < -0.39 is 17.9 Å². The minimum atomic E-state index is -1.07. The summed E-state index contributed by atoms with van der Waals surface area (Å²) in [6.45, 7) is 0. The van der Waals surface area contributed by atoms with Gasteiger partial charge in [0.15, 0.2) is 11.4 Å². The number of carboxylic acid groups (broad SMARTS) is 1. The second-order valence-corrected chi connectivity index (χ2v) is 11.6. The number of nitrogens with zero attached hydrogens (tertiary/aromatic N) is 4. The first-order valence-electron chi connectivity index (χ1n) is 13.8. The molecule has 0 bridgehead atoms. The Bertz CT molecular complexity index is 2190. The highest BCUT2D eigenvalue weighted by Crippen LogP contribution is 2.27. The molecule has 1 amide bonds. The van der Waals surface area contributed by atoms with Gasteiger partial charge in [-0.1, -0.05) is 44.0 Å². The number of carbonyl (C=O) groups excluding carboxylic acids is 3. The molecule has 47 heavy (non-hydrogen) atoms.